The molecule has 0 saturated carbocycles. The molecule has 0 aromatic heterocycles. The van der Waals surface area contributed by atoms with Crippen LogP contribution in [-0.4, -0.2) is 12.8 Å². The van der Waals surface area contributed by atoms with Gasteiger partial charge in [0.1, 0.15) is 5.75 Å². The Morgan fingerprint density at radius 2 is 1.69 bits per heavy atom. The molecule has 0 atom stereocenters. The van der Waals surface area contributed by atoms with Crippen molar-refractivity contribution in [1.82, 2.24) is 0 Å². The average molecular weight is 293 g/mol. The van der Waals surface area contributed by atoms with Crippen molar-refractivity contribution in [2.75, 3.05) is 6.67 Å². The molecule has 0 aliphatic carbocycles. The van der Waals surface area contributed by atoms with Crippen LogP contribution in [0.5, 0.6) is 5.75 Å². The van der Waals surface area contributed by atoms with Gasteiger partial charge in [-0.25, -0.2) is 4.39 Å². The lowest BCUT2D eigenvalue weighted by Gasteiger charge is -2.20. The number of hydrogen-bond donors (Lipinski definition) is 0. The quantitative estimate of drug-likeness (QED) is 0.748. The van der Waals surface area contributed by atoms with Crippen LogP contribution in [0.1, 0.15) is 5.56 Å². The molecule has 0 saturated heterocycles. The van der Waals surface area contributed by atoms with Gasteiger partial charge in [-0.2, -0.15) is 8.78 Å². The van der Waals surface area contributed by atoms with Crippen molar-refractivity contribution < 1.29 is 17.9 Å². The summed E-state index contributed by atoms with van der Waals surface area (Å²) in [5.74, 6) is -0.370. The van der Waals surface area contributed by atoms with Crippen LogP contribution in [0.3, 0.4) is 0 Å². The minimum atomic E-state index is -3.94. The fraction of sp³-hybridized carbons (Fsp3) is 0.333. The average Bonchev–Trinajstić information content (AvgIpc) is 2.16. The Morgan fingerprint density at radius 3 is 2.19 bits per heavy atom. The molecular weight excluding hydrogens is 287 g/mol. The second-order valence-electron chi connectivity index (χ2n) is 2.87. The summed E-state index contributed by atoms with van der Waals surface area (Å²) in [6.07, 6.45) is -3.94. The molecule has 1 aromatic rings. The summed E-state index contributed by atoms with van der Waals surface area (Å²) in [4.78, 5) is 0. The molecule has 0 aliphatic heterocycles. The summed E-state index contributed by atoms with van der Waals surface area (Å²) in [5, 5.41) is 0. The van der Waals surface area contributed by atoms with Gasteiger partial charge in [0.2, 0.25) is 3.79 Å². The lowest BCUT2D eigenvalue weighted by atomic mass is 10.2. The predicted octanol–water partition coefficient (Wildman–Crippen LogP) is 4.45. The van der Waals surface area contributed by atoms with Crippen LogP contribution in [0.25, 0.3) is 0 Å². The molecule has 90 valence electrons. The van der Waals surface area contributed by atoms with Crippen LogP contribution >= 0.6 is 34.8 Å². The minimum absolute atomic E-state index is 0.0758. The Hall–Kier alpha value is -0.320. The lowest BCUT2D eigenvalue weighted by Crippen LogP contribution is -2.28. The number of hydrogen-bond acceptors (Lipinski definition) is 1. The first kappa shape index (κ1) is 13.7. The van der Waals surface area contributed by atoms with E-state index in [0.29, 0.717) is 0 Å². The van der Waals surface area contributed by atoms with E-state index in [2.05, 4.69) is 4.74 Å². The summed E-state index contributed by atoms with van der Waals surface area (Å²) in [7, 11) is 0. The van der Waals surface area contributed by atoms with E-state index in [4.69, 9.17) is 34.8 Å². The van der Waals surface area contributed by atoms with E-state index in [-0.39, 0.29) is 11.3 Å². The van der Waals surface area contributed by atoms with Crippen molar-refractivity contribution in [2.45, 2.75) is 9.90 Å². The van der Waals surface area contributed by atoms with E-state index in [1.165, 1.54) is 24.3 Å². The second-order valence-corrected chi connectivity index (χ2v) is 5.15. The third kappa shape index (κ3) is 3.61. The number of benzene rings is 1. The Kier molecular flexibility index (Phi) is 4.21. The van der Waals surface area contributed by atoms with E-state index >= 15 is 0 Å². The first-order valence-corrected chi connectivity index (χ1v) is 5.19. The zero-order valence-corrected chi connectivity index (χ0v) is 9.96. The number of halogens is 6. The highest BCUT2D eigenvalue weighted by Gasteiger charge is 2.35. The van der Waals surface area contributed by atoms with Gasteiger partial charge in [-0.15, -0.1) is 0 Å². The van der Waals surface area contributed by atoms with Gasteiger partial charge in [-0.3, -0.25) is 0 Å². The summed E-state index contributed by atoms with van der Waals surface area (Å²) < 4.78 is 39.5. The molecule has 0 N–H and O–H groups in total. The Balaban J connectivity index is 3.06. The maximum atomic E-state index is 12.7. The second kappa shape index (κ2) is 4.90. The molecule has 0 aliphatic rings. The van der Waals surface area contributed by atoms with Crippen molar-refractivity contribution in [3.8, 4) is 5.75 Å². The fourth-order valence-corrected chi connectivity index (χ4v) is 1.45. The molecule has 0 bridgehead atoms. The van der Waals surface area contributed by atoms with Crippen LogP contribution < -0.4 is 4.74 Å². The summed E-state index contributed by atoms with van der Waals surface area (Å²) in [6, 6.07) is 5.36. The molecule has 0 amide bonds. The van der Waals surface area contributed by atoms with Crippen molar-refractivity contribution in [2.24, 2.45) is 0 Å². The number of alkyl halides is 6. The Labute approximate surface area is 105 Å². The monoisotopic (exact) mass is 292 g/mol. The van der Waals surface area contributed by atoms with Gasteiger partial charge in [0.25, 0.3) is 0 Å². The van der Waals surface area contributed by atoms with Gasteiger partial charge in [0.05, 0.1) is 0 Å². The molecule has 16 heavy (non-hydrogen) atoms. The molecular formula is C9H6Cl3F3O. The maximum Gasteiger partial charge on any atom is 0.427 e. The van der Waals surface area contributed by atoms with Crippen molar-refractivity contribution in [1.29, 1.82) is 0 Å². The molecule has 1 rings (SSSR count). The van der Waals surface area contributed by atoms with Gasteiger partial charge >= 0.3 is 6.11 Å². The highest BCUT2D eigenvalue weighted by atomic mass is 35.6. The first-order chi connectivity index (χ1) is 7.26. The fourth-order valence-electron chi connectivity index (χ4n) is 0.978. The van der Waals surface area contributed by atoms with E-state index in [1.54, 1.807) is 0 Å². The molecule has 0 heterocycles. The van der Waals surface area contributed by atoms with Gasteiger partial charge in [0.15, 0.2) is 6.67 Å². The zero-order valence-electron chi connectivity index (χ0n) is 7.69. The topological polar surface area (TPSA) is 9.23 Å². The van der Waals surface area contributed by atoms with E-state index in [0.717, 1.165) is 0 Å². The third-order valence-electron chi connectivity index (χ3n) is 1.61. The Bertz CT molecular complexity index is 365. The van der Waals surface area contributed by atoms with Crippen LogP contribution in [0.2, 0.25) is 0 Å². The Morgan fingerprint density at radius 1 is 1.12 bits per heavy atom. The SMILES string of the molecule is FCC(F)(F)Oc1ccccc1C(Cl)(Cl)Cl. The predicted molar refractivity (Wildman–Crippen MR) is 57.2 cm³/mol. The van der Waals surface area contributed by atoms with Crippen molar-refractivity contribution in [3.05, 3.63) is 29.8 Å². The highest BCUT2D eigenvalue weighted by Crippen LogP contribution is 2.43. The van der Waals surface area contributed by atoms with Crippen molar-refractivity contribution >= 4 is 34.8 Å². The molecule has 7 heteroatoms. The van der Waals surface area contributed by atoms with Gasteiger partial charge in [-0.1, -0.05) is 53.0 Å². The largest absolute Gasteiger partial charge is 0.430 e. The standard InChI is InChI=1S/C9H6Cl3F3O/c10-9(11,12)6-3-1-2-4-7(6)16-8(14,15)5-13/h1-4H,5H2. The normalized spacial score (nSPS) is 12.6. The van der Waals surface area contributed by atoms with Crippen LogP contribution in [-0.2, 0) is 3.79 Å². The third-order valence-corrected chi connectivity index (χ3v) is 2.22. The maximum absolute atomic E-state index is 12.7. The molecule has 1 nitrogen and oxygen atoms in total. The van der Waals surface area contributed by atoms with Gasteiger partial charge < -0.3 is 4.74 Å². The first-order valence-electron chi connectivity index (χ1n) is 4.05. The molecule has 0 fully saturated rings. The molecule has 0 unspecified atom stereocenters. The lowest BCUT2D eigenvalue weighted by molar-refractivity contribution is -0.186. The summed E-state index contributed by atoms with van der Waals surface area (Å²) in [5.41, 5.74) is -0.0758. The molecule has 1 aromatic carbocycles. The van der Waals surface area contributed by atoms with E-state index in [9.17, 15) is 13.2 Å². The summed E-state index contributed by atoms with van der Waals surface area (Å²) in [6.45, 7) is -1.96. The van der Waals surface area contributed by atoms with Crippen LogP contribution in [0.4, 0.5) is 13.2 Å². The van der Waals surface area contributed by atoms with Gasteiger partial charge in [0, 0.05) is 5.56 Å². The number of para-hydroxylation sites is 1. The molecule has 0 spiro atoms. The van der Waals surface area contributed by atoms with Gasteiger partial charge in [-0.05, 0) is 6.07 Å². The summed E-state index contributed by atoms with van der Waals surface area (Å²) >= 11 is 16.6. The molecule has 0 radical (unpaired) electrons. The van der Waals surface area contributed by atoms with Crippen molar-refractivity contribution in [3.63, 3.8) is 0 Å². The highest BCUT2D eigenvalue weighted by molar-refractivity contribution is 6.66. The van der Waals surface area contributed by atoms with Crippen LogP contribution in [0.15, 0.2) is 24.3 Å². The smallest absolute Gasteiger partial charge is 0.427 e. The van der Waals surface area contributed by atoms with Crippen LogP contribution in [0, 0.1) is 0 Å². The minimum Gasteiger partial charge on any atom is -0.430 e. The number of rotatable bonds is 3. The van der Waals surface area contributed by atoms with E-state index in [1.807, 2.05) is 0 Å². The van der Waals surface area contributed by atoms with E-state index < -0.39 is 16.6 Å². The zero-order chi connectivity index (χ0) is 12.4. The number of ether oxygens (including phenoxy) is 1.